The maximum atomic E-state index is 2.21. The molecule has 0 fully saturated rings. The van der Waals surface area contributed by atoms with Crippen LogP contribution in [0.25, 0.3) is 0 Å². The molecule has 41 heavy (non-hydrogen) atoms. The van der Waals surface area contributed by atoms with Gasteiger partial charge in [0, 0.05) is 33.7 Å². The monoisotopic (exact) mass is 565 g/mol. The Labute approximate surface area is 273 Å². The third-order valence-electron chi connectivity index (χ3n) is 3.49. The van der Waals surface area contributed by atoms with Crippen LogP contribution in [0.4, 0.5) is 0 Å². The van der Waals surface area contributed by atoms with Crippen molar-refractivity contribution in [3.8, 4) is 0 Å². The van der Waals surface area contributed by atoms with Crippen molar-refractivity contribution < 1.29 is 0 Å². The molecule has 0 bridgehead atoms. The average Bonchev–Trinajstić information content (AvgIpc) is 2.84. The highest BCUT2D eigenvalue weighted by molar-refractivity contribution is 5.76. The molecule has 2 aromatic rings. The summed E-state index contributed by atoms with van der Waals surface area (Å²) in [5.41, 5.74) is 5.52. The molecule has 0 aromatic heterocycles. The van der Waals surface area contributed by atoms with Crippen LogP contribution in [-0.4, -0.2) is 33.7 Å². The highest BCUT2D eigenvalue weighted by atomic mass is 14.0. The summed E-state index contributed by atoms with van der Waals surface area (Å²) in [5, 5.41) is 0. The van der Waals surface area contributed by atoms with Crippen molar-refractivity contribution in [2.45, 2.75) is 158 Å². The second-order valence-electron chi connectivity index (χ2n) is 9.59. The van der Waals surface area contributed by atoms with Crippen LogP contribution in [0.3, 0.4) is 0 Å². The summed E-state index contributed by atoms with van der Waals surface area (Å²) in [6.07, 6.45) is 0. The normalized spacial score (nSPS) is 7.41. The summed E-state index contributed by atoms with van der Waals surface area (Å²) in [6.45, 7) is 42.1. The summed E-state index contributed by atoms with van der Waals surface area (Å²) >= 11 is 0. The molecule has 4 heteroatoms. The van der Waals surface area contributed by atoms with Gasteiger partial charge in [0.1, 0.15) is 0 Å². The van der Waals surface area contributed by atoms with E-state index >= 15 is 0 Å². The Morgan fingerprint density at radius 1 is 0.341 bits per heavy atom. The summed E-state index contributed by atoms with van der Waals surface area (Å²) in [6, 6.07) is 17.4. The van der Waals surface area contributed by atoms with E-state index in [1.165, 1.54) is 22.3 Å². The first kappa shape index (κ1) is 72.2. The highest BCUT2D eigenvalue weighted by Crippen LogP contribution is 2.14. The Bertz CT molecular complexity index is 526. The molecule has 2 rings (SSSR count). The second-order valence-corrected chi connectivity index (χ2v) is 9.59. The van der Waals surface area contributed by atoms with Crippen LogP contribution in [0.1, 0.15) is 166 Å². The van der Waals surface area contributed by atoms with E-state index in [-0.39, 0.29) is 41.1 Å². The fourth-order valence-corrected chi connectivity index (χ4v) is 1.90. The van der Waals surface area contributed by atoms with Gasteiger partial charge in [0.25, 0.3) is 0 Å². The quantitative estimate of drug-likeness (QED) is 0.319. The molecule has 0 N–H and O–H groups in total. The van der Waals surface area contributed by atoms with Crippen molar-refractivity contribution in [2.75, 3.05) is 0 Å². The Morgan fingerprint density at radius 3 is 0.561 bits per heavy atom. The highest BCUT2D eigenvalue weighted by Gasteiger charge is 1.96. The molecule has 2 aromatic carbocycles. The first-order chi connectivity index (χ1) is 16.9. The third-order valence-corrected chi connectivity index (χ3v) is 3.49. The zero-order valence-corrected chi connectivity index (χ0v) is 31.2. The van der Waals surface area contributed by atoms with Gasteiger partial charge in [0.15, 0.2) is 0 Å². The molecule has 0 spiro atoms. The zero-order valence-electron chi connectivity index (χ0n) is 31.2. The molecule has 0 aliphatic heterocycles. The maximum absolute atomic E-state index is 2.21. The molecular formula is C37H76B4. The summed E-state index contributed by atoms with van der Waals surface area (Å²) in [4.78, 5) is 0. The van der Waals surface area contributed by atoms with E-state index in [0.717, 1.165) is 11.8 Å². The standard InChI is InChI=1S/2C10H14.2C4H10.4C2H6.CH4.4B/c2*1-8(2)10-6-4-9(3)5-7-10;2*1-4(2)3;4*1-2;;;;;/h2*4-8H,1-3H3;2*4H,1-3H3;4*1-2H3;1H4;;;;. The van der Waals surface area contributed by atoms with Gasteiger partial charge in [-0.15, -0.1) is 0 Å². The number of benzene rings is 2. The van der Waals surface area contributed by atoms with Crippen molar-refractivity contribution in [3.05, 3.63) is 70.8 Å². The van der Waals surface area contributed by atoms with E-state index in [1.54, 1.807) is 0 Å². The first-order valence-electron chi connectivity index (χ1n) is 15.0. The molecular weight excluding hydrogens is 488 g/mol. The Balaban J connectivity index is -0.0000000303. The van der Waals surface area contributed by atoms with E-state index in [2.05, 4.69) is 132 Å². The molecule has 0 saturated heterocycles. The van der Waals surface area contributed by atoms with Crippen molar-refractivity contribution in [3.63, 3.8) is 0 Å². The average molecular weight is 564 g/mol. The minimum atomic E-state index is 0. The molecule has 0 heterocycles. The lowest BCUT2D eigenvalue weighted by Crippen LogP contribution is -1.85. The molecule has 0 atom stereocenters. The van der Waals surface area contributed by atoms with Crippen molar-refractivity contribution in [2.24, 2.45) is 11.8 Å². The van der Waals surface area contributed by atoms with Gasteiger partial charge >= 0.3 is 0 Å². The summed E-state index contributed by atoms with van der Waals surface area (Å²) < 4.78 is 0. The lowest BCUT2D eigenvalue weighted by atomic mass is 10.0. The van der Waals surface area contributed by atoms with Gasteiger partial charge in [-0.25, -0.2) is 0 Å². The largest absolute Gasteiger partial charge is 0.0776 e. The molecule has 0 aliphatic carbocycles. The van der Waals surface area contributed by atoms with Crippen molar-refractivity contribution in [1.29, 1.82) is 0 Å². The van der Waals surface area contributed by atoms with Gasteiger partial charge in [-0.3, -0.25) is 0 Å². The van der Waals surface area contributed by atoms with E-state index in [4.69, 9.17) is 0 Å². The van der Waals surface area contributed by atoms with Gasteiger partial charge < -0.3 is 0 Å². The first-order valence-corrected chi connectivity index (χ1v) is 15.0. The van der Waals surface area contributed by atoms with Gasteiger partial charge in [-0.1, -0.05) is 192 Å². The fraction of sp³-hybridized carbons (Fsp3) is 0.676. The van der Waals surface area contributed by atoms with Crippen LogP contribution >= 0.6 is 0 Å². The van der Waals surface area contributed by atoms with Gasteiger partial charge in [0.05, 0.1) is 0 Å². The van der Waals surface area contributed by atoms with Crippen molar-refractivity contribution in [1.82, 2.24) is 0 Å². The molecule has 0 unspecified atom stereocenters. The molecule has 0 amide bonds. The predicted octanol–water partition coefficient (Wildman–Crippen LogP) is 12.8. The molecule has 236 valence electrons. The van der Waals surface area contributed by atoms with Gasteiger partial charge in [0.2, 0.25) is 0 Å². The lowest BCUT2D eigenvalue weighted by molar-refractivity contribution is 0.736. The number of rotatable bonds is 2. The minimum absolute atomic E-state index is 0. The Morgan fingerprint density at radius 2 is 0.463 bits per heavy atom. The van der Waals surface area contributed by atoms with E-state index in [9.17, 15) is 0 Å². The maximum Gasteiger partial charge on any atom is 0 e. The second kappa shape index (κ2) is 58.4. The Hall–Kier alpha value is -1.30. The van der Waals surface area contributed by atoms with Crippen LogP contribution < -0.4 is 0 Å². The Kier molecular flexibility index (Phi) is 103. The number of hydrogen-bond donors (Lipinski definition) is 0. The fourth-order valence-electron chi connectivity index (χ4n) is 1.90. The molecule has 0 aliphatic rings. The van der Waals surface area contributed by atoms with Crippen molar-refractivity contribution >= 4 is 33.7 Å². The minimum Gasteiger partial charge on any atom is -0.0776 e. The van der Waals surface area contributed by atoms with E-state index in [0.29, 0.717) is 11.8 Å². The third kappa shape index (κ3) is 73.1. The molecule has 12 radical (unpaired) electrons. The molecule has 0 saturated carbocycles. The predicted molar refractivity (Wildman–Crippen MR) is 207 cm³/mol. The lowest BCUT2D eigenvalue weighted by Gasteiger charge is -2.03. The van der Waals surface area contributed by atoms with Gasteiger partial charge in [-0.2, -0.15) is 0 Å². The number of aryl methyl sites for hydroxylation is 2. The van der Waals surface area contributed by atoms with Crippen LogP contribution in [0.5, 0.6) is 0 Å². The smallest absolute Gasteiger partial charge is 0 e. The van der Waals surface area contributed by atoms with Crippen LogP contribution in [0.15, 0.2) is 48.5 Å². The number of hydrogen-bond acceptors (Lipinski definition) is 0. The topological polar surface area (TPSA) is 0 Å². The summed E-state index contributed by atoms with van der Waals surface area (Å²) in [5.74, 6) is 2.97. The van der Waals surface area contributed by atoms with E-state index < -0.39 is 0 Å². The summed E-state index contributed by atoms with van der Waals surface area (Å²) in [7, 11) is 0. The van der Waals surface area contributed by atoms with Crippen LogP contribution in [0, 0.1) is 25.7 Å². The van der Waals surface area contributed by atoms with Crippen LogP contribution in [-0.2, 0) is 0 Å². The SMILES string of the molecule is C.CC.CC.CC.CC.CC(C)C.CC(C)C.Cc1ccc(C(C)C)cc1.Cc1ccc(C(C)C)cc1.[B].[B].[B].[B]. The zero-order chi connectivity index (χ0) is 30.3. The van der Waals surface area contributed by atoms with Crippen LogP contribution in [0.2, 0.25) is 0 Å². The van der Waals surface area contributed by atoms with Gasteiger partial charge in [-0.05, 0) is 48.6 Å². The molecule has 0 nitrogen and oxygen atoms in total. The van der Waals surface area contributed by atoms with E-state index in [1.807, 2.05) is 55.4 Å².